The molecule has 0 spiro atoms. The van der Waals surface area contributed by atoms with Crippen molar-refractivity contribution in [2.75, 3.05) is 26.7 Å². The van der Waals surface area contributed by atoms with Crippen molar-refractivity contribution in [1.29, 1.82) is 0 Å². The van der Waals surface area contributed by atoms with E-state index in [-0.39, 0.29) is 18.3 Å². The molecular weight excluding hydrogens is 383 g/mol. The molecule has 0 saturated carbocycles. The summed E-state index contributed by atoms with van der Waals surface area (Å²) in [5, 5.41) is 0. The number of hydrogen-bond donors (Lipinski definition) is 0. The Bertz CT molecular complexity index is 841. The minimum absolute atomic E-state index is 0.0836. The monoisotopic (exact) mass is 407 g/mol. The van der Waals surface area contributed by atoms with Crippen molar-refractivity contribution in [3.63, 3.8) is 0 Å². The summed E-state index contributed by atoms with van der Waals surface area (Å²) in [7, 11) is 1.93. The Morgan fingerprint density at radius 1 is 1.07 bits per heavy atom. The van der Waals surface area contributed by atoms with E-state index in [9.17, 15) is 18.0 Å². The molecular formula is C22H24F3NO3. The predicted octanol–water partition coefficient (Wildman–Crippen LogP) is 4.23. The topological polar surface area (TPSA) is 38.8 Å². The van der Waals surface area contributed by atoms with Gasteiger partial charge in [-0.15, -0.1) is 0 Å². The van der Waals surface area contributed by atoms with Crippen LogP contribution in [-0.4, -0.2) is 43.7 Å². The summed E-state index contributed by atoms with van der Waals surface area (Å²) in [5.74, 6) is -0.722. The highest BCUT2D eigenvalue weighted by atomic mass is 19.4. The Morgan fingerprint density at radius 3 is 2.31 bits per heavy atom. The van der Waals surface area contributed by atoms with Gasteiger partial charge in [0, 0.05) is 18.7 Å². The number of hydrogen-bond acceptors (Lipinski definition) is 4. The summed E-state index contributed by atoms with van der Waals surface area (Å²) in [6.07, 6.45) is -4.19. The van der Waals surface area contributed by atoms with Crippen LogP contribution in [-0.2, 0) is 26.0 Å². The summed E-state index contributed by atoms with van der Waals surface area (Å²) >= 11 is 0. The standard InChI is InChI=1S/C22H24F3NO3/c1-3-28-20(27)21(16-8-5-4-6-9-16,29-19-12-13-26(2)15-19)17-10-7-11-18(14-17)22(23,24)25/h4-11,14,19H,3,12-13,15H2,1-2H3. The lowest BCUT2D eigenvalue weighted by Crippen LogP contribution is -2.45. The van der Waals surface area contributed by atoms with E-state index in [1.54, 1.807) is 37.3 Å². The zero-order chi connectivity index (χ0) is 21.1. The SMILES string of the molecule is CCOC(=O)C(OC1CCN(C)C1)(c1ccccc1)c1cccc(C(F)(F)F)c1. The summed E-state index contributed by atoms with van der Waals surface area (Å²) in [5.41, 5.74) is -2.08. The van der Waals surface area contributed by atoms with E-state index in [4.69, 9.17) is 9.47 Å². The average Bonchev–Trinajstić information content (AvgIpc) is 3.11. The van der Waals surface area contributed by atoms with E-state index in [2.05, 4.69) is 4.90 Å². The molecule has 1 saturated heterocycles. The van der Waals surface area contributed by atoms with Crippen molar-refractivity contribution in [1.82, 2.24) is 4.90 Å². The summed E-state index contributed by atoms with van der Waals surface area (Å²) in [4.78, 5) is 15.3. The van der Waals surface area contributed by atoms with Crippen LogP contribution in [0.4, 0.5) is 13.2 Å². The summed E-state index contributed by atoms with van der Waals surface area (Å²) < 4.78 is 51.9. The number of ether oxygens (including phenoxy) is 2. The van der Waals surface area contributed by atoms with Crippen LogP contribution in [0, 0.1) is 0 Å². The van der Waals surface area contributed by atoms with E-state index in [0.29, 0.717) is 18.5 Å². The molecule has 0 bridgehead atoms. The molecule has 0 aliphatic carbocycles. The lowest BCUT2D eigenvalue weighted by atomic mass is 9.84. The first-order chi connectivity index (χ1) is 13.8. The van der Waals surface area contributed by atoms with Crippen LogP contribution in [0.1, 0.15) is 30.0 Å². The van der Waals surface area contributed by atoms with E-state index in [0.717, 1.165) is 18.7 Å². The maximum absolute atomic E-state index is 13.4. The zero-order valence-corrected chi connectivity index (χ0v) is 16.4. The number of rotatable bonds is 6. The first-order valence-corrected chi connectivity index (χ1v) is 9.54. The lowest BCUT2D eigenvalue weighted by Gasteiger charge is -2.35. The van der Waals surface area contributed by atoms with Gasteiger partial charge in [-0.3, -0.25) is 0 Å². The molecule has 1 aliphatic rings. The van der Waals surface area contributed by atoms with Gasteiger partial charge in [-0.05, 0) is 38.1 Å². The van der Waals surface area contributed by atoms with Crippen molar-refractivity contribution in [2.45, 2.75) is 31.2 Å². The number of nitrogens with zero attached hydrogens (tertiary/aromatic N) is 1. The molecule has 0 amide bonds. The van der Waals surface area contributed by atoms with Gasteiger partial charge in [0.15, 0.2) is 0 Å². The average molecular weight is 407 g/mol. The molecule has 0 N–H and O–H groups in total. The summed E-state index contributed by atoms with van der Waals surface area (Å²) in [6.45, 7) is 3.09. The number of halogens is 3. The zero-order valence-electron chi connectivity index (χ0n) is 16.4. The van der Waals surface area contributed by atoms with Gasteiger partial charge in [-0.2, -0.15) is 13.2 Å². The third kappa shape index (κ3) is 4.46. The van der Waals surface area contributed by atoms with E-state index in [1.807, 2.05) is 7.05 Å². The minimum Gasteiger partial charge on any atom is -0.463 e. The van der Waals surface area contributed by atoms with Crippen LogP contribution in [0.2, 0.25) is 0 Å². The fraction of sp³-hybridized carbons (Fsp3) is 0.409. The molecule has 4 nitrogen and oxygen atoms in total. The molecule has 0 radical (unpaired) electrons. The molecule has 2 atom stereocenters. The smallest absolute Gasteiger partial charge is 0.416 e. The first kappa shape index (κ1) is 21.3. The van der Waals surface area contributed by atoms with Crippen molar-refractivity contribution in [3.05, 3.63) is 71.3 Å². The largest absolute Gasteiger partial charge is 0.463 e. The van der Waals surface area contributed by atoms with Gasteiger partial charge >= 0.3 is 12.1 Å². The molecule has 7 heteroatoms. The highest BCUT2D eigenvalue weighted by Crippen LogP contribution is 2.40. The van der Waals surface area contributed by atoms with Crippen LogP contribution >= 0.6 is 0 Å². The van der Waals surface area contributed by atoms with Crippen molar-refractivity contribution in [3.8, 4) is 0 Å². The minimum atomic E-state index is -4.54. The number of benzene rings is 2. The maximum atomic E-state index is 13.4. The number of likely N-dealkylation sites (N-methyl/N-ethyl adjacent to an activating group) is 1. The molecule has 0 aromatic heterocycles. The van der Waals surface area contributed by atoms with Gasteiger partial charge in [0.2, 0.25) is 5.60 Å². The molecule has 2 unspecified atom stereocenters. The van der Waals surface area contributed by atoms with Crippen LogP contribution < -0.4 is 0 Å². The Labute approximate surface area is 168 Å². The second kappa shape index (κ2) is 8.55. The van der Waals surface area contributed by atoms with Gasteiger partial charge in [0.05, 0.1) is 18.3 Å². The lowest BCUT2D eigenvalue weighted by molar-refractivity contribution is -0.174. The predicted molar refractivity (Wildman–Crippen MR) is 102 cm³/mol. The molecule has 2 aromatic carbocycles. The van der Waals surface area contributed by atoms with Crippen molar-refractivity contribution >= 4 is 5.97 Å². The fourth-order valence-corrected chi connectivity index (χ4v) is 3.65. The molecule has 3 rings (SSSR count). The van der Waals surface area contributed by atoms with Gasteiger partial charge < -0.3 is 14.4 Å². The number of carbonyl (C=O) groups is 1. The van der Waals surface area contributed by atoms with E-state index >= 15 is 0 Å². The number of carbonyl (C=O) groups excluding carboxylic acids is 1. The van der Waals surface area contributed by atoms with Crippen molar-refractivity contribution in [2.24, 2.45) is 0 Å². The second-order valence-electron chi connectivity index (χ2n) is 7.14. The Hall–Kier alpha value is -2.38. The maximum Gasteiger partial charge on any atom is 0.416 e. The van der Waals surface area contributed by atoms with Gasteiger partial charge in [0.25, 0.3) is 0 Å². The second-order valence-corrected chi connectivity index (χ2v) is 7.14. The molecule has 1 heterocycles. The Morgan fingerprint density at radius 2 is 1.72 bits per heavy atom. The van der Waals surface area contributed by atoms with Crippen molar-refractivity contribution < 1.29 is 27.4 Å². The third-order valence-corrected chi connectivity index (χ3v) is 5.03. The summed E-state index contributed by atoms with van der Waals surface area (Å²) in [6, 6.07) is 13.3. The van der Waals surface area contributed by atoms with Gasteiger partial charge in [-0.25, -0.2) is 4.79 Å². The Kier molecular flexibility index (Phi) is 6.29. The fourth-order valence-electron chi connectivity index (χ4n) is 3.65. The Balaban J connectivity index is 2.19. The number of likely N-dealkylation sites (tertiary alicyclic amines) is 1. The first-order valence-electron chi connectivity index (χ1n) is 9.54. The van der Waals surface area contributed by atoms with Crippen LogP contribution in [0.3, 0.4) is 0 Å². The number of esters is 1. The molecule has 1 aliphatic heterocycles. The van der Waals surface area contributed by atoms with Crippen LogP contribution in [0.5, 0.6) is 0 Å². The van der Waals surface area contributed by atoms with Gasteiger partial charge in [-0.1, -0.05) is 42.5 Å². The quantitative estimate of drug-likeness (QED) is 0.672. The number of alkyl halides is 3. The normalized spacial score (nSPS) is 19.7. The third-order valence-electron chi connectivity index (χ3n) is 5.03. The van der Waals surface area contributed by atoms with Crippen LogP contribution in [0.15, 0.2) is 54.6 Å². The van der Waals surface area contributed by atoms with E-state index in [1.165, 1.54) is 12.1 Å². The highest BCUT2D eigenvalue weighted by molar-refractivity contribution is 5.86. The molecule has 1 fully saturated rings. The van der Waals surface area contributed by atoms with Gasteiger partial charge in [0.1, 0.15) is 0 Å². The molecule has 29 heavy (non-hydrogen) atoms. The van der Waals surface area contributed by atoms with E-state index < -0.39 is 23.3 Å². The van der Waals surface area contributed by atoms with Crippen LogP contribution in [0.25, 0.3) is 0 Å². The molecule has 156 valence electrons. The highest BCUT2D eigenvalue weighted by Gasteiger charge is 2.48. The molecule has 2 aromatic rings.